The summed E-state index contributed by atoms with van der Waals surface area (Å²) in [5.74, 6) is 5.43. The standard InChI is InChI=1S/C19H37N/c1-13-6-7-15(10-14(13)2)18-11-17(19(3,4)5)9-8-16(18)12-20/h13-18H,6-12,20H2,1-5H3. The Hall–Kier alpha value is -0.0400. The van der Waals surface area contributed by atoms with Crippen molar-refractivity contribution in [1.29, 1.82) is 0 Å². The first-order chi connectivity index (χ1) is 9.32. The van der Waals surface area contributed by atoms with Crippen LogP contribution in [0.5, 0.6) is 0 Å². The van der Waals surface area contributed by atoms with E-state index in [-0.39, 0.29) is 0 Å². The van der Waals surface area contributed by atoms with Gasteiger partial charge in [-0.3, -0.25) is 0 Å². The molecular weight excluding hydrogens is 242 g/mol. The van der Waals surface area contributed by atoms with Crippen molar-refractivity contribution in [2.75, 3.05) is 6.54 Å². The van der Waals surface area contributed by atoms with Gasteiger partial charge in [-0.15, -0.1) is 0 Å². The van der Waals surface area contributed by atoms with Crippen LogP contribution in [-0.2, 0) is 0 Å². The van der Waals surface area contributed by atoms with Crippen LogP contribution in [0, 0.1) is 40.9 Å². The fraction of sp³-hybridized carbons (Fsp3) is 1.00. The molecule has 6 unspecified atom stereocenters. The zero-order valence-corrected chi connectivity index (χ0v) is 14.5. The van der Waals surface area contributed by atoms with Gasteiger partial charge in [-0.25, -0.2) is 0 Å². The second-order valence-electron chi connectivity index (χ2n) is 9.06. The van der Waals surface area contributed by atoms with E-state index in [4.69, 9.17) is 5.73 Å². The van der Waals surface area contributed by atoms with Crippen LogP contribution in [0.3, 0.4) is 0 Å². The Labute approximate surface area is 127 Å². The highest BCUT2D eigenvalue weighted by Crippen LogP contribution is 2.49. The van der Waals surface area contributed by atoms with E-state index >= 15 is 0 Å². The Morgan fingerprint density at radius 2 is 1.60 bits per heavy atom. The molecule has 0 amide bonds. The molecule has 6 atom stereocenters. The lowest BCUT2D eigenvalue weighted by molar-refractivity contribution is 0.0372. The van der Waals surface area contributed by atoms with E-state index in [1.54, 1.807) is 0 Å². The molecule has 0 spiro atoms. The highest BCUT2D eigenvalue weighted by molar-refractivity contribution is 4.91. The average molecular weight is 280 g/mol. The first-order valence-electron chi connectivity index (χ1n) is 9.03. The zero-order valence-electron chi connectivity index (χ0n) is 14.5. The summed E-state index contributed by atoms with van der Waals surface area (Å²) in [5.41, 5.74) is 6.59. The highest BCUT2D eigenvalue weighted by Gasteiger charge is 2.40. The van der Waals surface area contributed by atoms with Gasteiger partial charge in [0.05, 0.1) is 0 Å². The summed E-state index contributed by atoms with van der Waals surface area (Å²) in [5, 5.41) is 0. The number of hydrogen-bond donors (Lipinski definition) is 1. The molecule has 118 valence electrons. The second-order valence-corrected chi connectivity index (χ2v) is 9.06. The molecule has 0 aromatic carbocycles. The van der Waals surface area contributed by atoms with Crippen LogP contribution < -0.4 is 5.73 Å². The fourth-order valence-corrected chi connectivity index (χ4v) is 4.90. The van der Waals surface area contributed by atoms with Crippen LogP contribution in [0.4, 0.5) is 0 Å². The monoisotopic (exact) mass is 279 g/mol. The third-order valence-corrected chi connectivity index (χ3v) is 6.82. The Balaban J connectivity index is 2.05. The highest BCUT2D eigenvalue weighted by atomic mass is 14.6. The molecular formula is C19H37N. The SMILES string of the molecule is CC1CCC(C2CC(C(C)(C)C)CCC2CN)CC1C. The molecule has 1 nitrogen and oxygen atoms in total. The van der Waals surface area contributed by atoms with Gasteiger partial charge in [-0.2, -0.15) is 0 Å². The van der Waals surface area contributed by atoms with Crippen molar-refractivity contribution < 1.29 is 0 Å². The molecule has 1 heteroatoms. The van der Waals surface area contributed by atoms with Crippen molar-refractivity contribution in [2.24, 2.45) is 46.7 Å². The van der Waals surface area contributed by atoms with E-state index < -0.39 is 0 Å². The van der Waals surface area contributed by atoms with Gasteiger partial charge >= 0.3 is 0 Å². The molecule has 0 aliphatic heterocycles. The Bertz CT molecular complexity index is 303. The summed E-state index contributed by atoms with van der Waals surface area (Å²) >= 11 is 0. The van der Waals surface area contributed by atoms with E-state index in [1.165, 1.54) is 38.5 Å². The van der Waals surface area contributed by atoms with Crippen molar-refractivity contribution in [2.45, 2.75) is 73.1 Å². The summed E-state index contributed by atoms with van der Waals surface area (Å²) in [7, 11) is 0. The number of nitrogens with two attached hydrogens (primary N) is 1. The zero-order chi connectivity index (χ0) is 14.9. The molecule has 20 heavy (non-hydrogen) atoms. The van der Waals surface area contributed by atoms with E-state index in [9.17, 15) is 0 Å². The topological polar surface area (TPSA) is 26.0 Å². The molecule has 2 saturated carbocycles. The van der Waals surface area contributed by atoms with Gasteiger partial charge < -0.3 is 5.73 Å². The van der Waals surface area contributed by atoms with Crippen LogP contribution in [-0.4, -0.2) is 6.54 Å². The van der Waals surface area contributed by atoms with Gasteiger partial charge in [0.1, 0.15) is 0 Å². The normalized spacial score (nSPS) is 43.5. The van der Waals surface area contributed by atoms with E-state index in [1.807, 2.05) is 0 Å². The van der Waals surface area contributed by atoms with Crippen LogP contribution in [0.25, 0.3) is 0 Å². The van der Waals surface area contributed by atoms with Crippen molar-refractivity contribution >= 4 is 0 Å². The molecule has 2 rings (SSSR count). The lowest BCUT2D eigenvalue weighted by Crippen LogP contribution is -2.40. The maximum absolute atomic E-state index is 6.12. The molecule has 0 heterocycles. The van der Waals surface area contributed by atoms with Crippen molar-refractivity contribution in [3.05, 3.63) is 0 Å². The number of rotatable bonds is 2. The predicted octanol–water partition coefficient (Wildman–Crippen LogP) is 5.10. The molecule has 0 radical (unpaired) electrons. The minimum Gasteiger partial charge on any atom is -0.330 e. The van der Waals surface area contributed by atoms with Crippen molar-refractivity contribution in [3.63, 3.8) is 0 Å². The Morgan fingerprint density at radius 3 is 2.15 bits per heavy atom. The Kier molecular flexibility index (Phi) is 5.21. The largest absolute Gasteiger partial charge is 0.330 e. The molecule has 0 aromatic heterocycles. The third-order valence-electron chi connectivity index (χ3n) is 6.82. The smallest absolute Gasteiger partial charge is 0.00461 e. The number of hydrogen-bond acceptors (Lipinski definition) is 1. The summed E-state index contributed by atoms with van der Waals surface area (Å²) in [4.78, 5) is 0. The fourth-order valence-electron chi connectivity index (χ4n) is 4.90. The predicted molar refractivity (Wildman–Crippen MR) is 88.5 cm³/mol. The first-order valence-corrected chi connectivity index (χ1v) is 9.03. The lowest BCUT2D eigenvalue weighted by Gasteiger charge is -2.47. The maximum atomic E-state index is 6.12. The van der Waals surface area contributed by atoms with E-state index in [0.29, 0.717) is 5.41 Å². The van der Waals surface area contributed by atoms with Crippen molar-refractivity contribution in [3.8, 4) is 0 Å². The van der Waals surface area contributed by atoms with Crippen molar-refractivity contribution in [1.82, 2.24) is 0 Å². The molecule has 0 bridgehead atoms. The van der Waals surface area contributed by atoms with Gasteiger partial charge in [0.15, 0.2) is 0 Å². The second kappa shape index (κ2) is 6.38. The van der Waals surface area contributed by atoms with E-state index in [2.05, 4.69) is 34.6 Å². The molecule has 0 saturated heterocycles. The summed E-state index contributed by atoms with van der Waals surface area (Å²) in [6.07, 6.45) is 8.59. The lowest BCUT2D eigenvalue weighted by atomic mass is 9.59. The van der Waals surface area contributed by atoms with E-state index in [0.717, 1.165) is 42.1 Å². The molecule has 2 aliphatic rings. The van der Waals surface area contributed by atoms with Crippen LogP contribution in [0.15, 0.2) is 0 Å². The van der Waals surface area contributed by atoms with Gasteiger partial charge in [0, 0.05) is 0 Å². The molecule has 2 aliphatic carbocycles. The first kappa shape index (κ1) is 16.3. The Morgan fingerprint density at radius 1 is 0.900 bits per heavy atom. The van der Waals surface area contributed by atoms with Crippen LogP contribution in [0.1, 0.15) is 73.1 Å². The quantitative estimate of drug-likeness (QED) is 0.748. The maximum Gasteiger partial charge on any atom is -0.00461 e. The minimum absolute atomic E-state index is 0.478. The van der Waals surface area contributed by atoms with Crippen LogP contribution >= 0.6 is 0 Å². The van der Waals surface area contributed by atoms with Gasteiger partial charge in [0.25, 0.3) is 0 Å². The summed E-state index contributed by atoms with van der Waals surface area (Å²) in [6.45, 7) is 13.1. The van der Waals surface area contributed by atoms with Crippen LogP contribution in [0.2, 0.25) is 0 Å². The summed E-state index contributed by atoms with van der Waals surface area (Å²) in [6, 6.07) is 0. The molecule has 2 N–H and O–H groups in total. The minimum atomic E-state index is 0.478. The average Bonchev–Trinajstić information content (AvgIpc) is 2.40. The molecule has 2 fully saturated rings. The summed E-state index contributed by atoms with van der Waals surface area (Å²) < 4.78 is 0. The van der Waals surface area contributed by atoms with Gasteiger partial charge in [0.2, 0.25) is 0 Å². The van der Waals surface area contributed by atoms with Gasteiger partial charge in [-0.1, -0.05) is 41.0 Å². The molecule has 0 aromatic rings. The van der Waals surface area contributed by atoms with Gasteiger partial charge in [-0.05, 0) is 79.6 Å². The third kappa shape index (κ3) is 3.59.